The molecule has 1 saturated carbocycles. The number of aromatic nitrogens is 2. The molecule has 0 radical (unpaired) electrons. The van der Waals surface area contributed by atoms with Crippen LogP contribution in [0.4, 0.5) is 0 Å². The van der Waals surface area contributed by atoms with Gasteiger partial charge in [-0.25, -0.2) is 0 Å². The van der Waals surface area contributed by atoms with E-state index in [2.05, 4.69) is 5.10 Å². The van der Waals surface area contributed by atoms with Gasteiger partial charge in [0.15, 0.2) is 0 Å². The molecule has 21 heavy (non-hydrogen) atoms. The summed E-state index contributed by atoms with van der Waals surface area (Å²) in [5.74, 6) is 0.477. The molecule has 0 aliphatic heterocycles. The van der Waals surface area contributed by atoms with Gasteiger partial charge in [0, 0.05) is 12.8 Å². The molecule has 1 heterocycles. The molecule has 0 aromatic carbocycles. The quantitative estimate of drug-likeness (QED) is 0.667. The van der Waals surface area contributed by atoms with E-state index in [0.717, 1.165) is 10.7 Å². The molecule has 0 amide bonds. The lowest BCUT2D eigenvalue weighted by Gasteiger charge is -2.34. The van der Waals surface area contributed by atoms with Gasteiger partial charge in [-0.2, -0.15) is 5.10 Å². The lowest BCUT2D eigenvalue weighted by molar-refractivity contribution is -0.150. The fourth-order valence-corrected chi connectivity index (χ4v) is 3.91. The summed E-state index contributed by atoms with van der Waals surface area (Å²) in [5.41, 5.74) is 0.296. The Kier molecular flexibility index (Phi) is 5.32. The van der Waals surface area contributed by atoms with Gasteiger partial charge >= 0.3 is 5.97 Å². The lowest BCUT2D eigenvalue weighted by atomic mass is 9.80. The molecule has 5 nitrogen and oxygen atoms in total. The van der Waals surface area contributed by atoms with Crippen molar-refractivity contribution in [2.75, 3.05) is 12.4 Å². The molecule has 1 aliphatic rings. The van der Waals surface area contributed by atoms with Crippen molar-refractivity contribution in [1.82, 2.24) is 9.78 Å². The molecular weight excluding hydrogens is 288 g/mol. The molecule has 6 heteroatoms. The third-order valence-corrected chi connectivity index (χ3v) is 5.34. The van der Waals surface area contributed by atoms with E-state index in [9.17, 15) is 9.90 Å². The van der Waals surface area contributed by atoms with Crippen LogP contribution >= 0.6 is 11.8 Å². The Morgan fingerprint density at radius 3 is 2.76 bits per heavy atom. The molecule has 1 aliphatic carbocycles. The van der Waals surface area contributed by atoms with Crippen molar-refractivity contribution in [2.24, 2.45) is 13.0 Å². The number of esters is 1. The summed E-state index contributed by atoms with van der Waals surface area (Å²) in [6, 6.07) is 2.03. The van der Waals surface area contributed by atoms with Crippen molar-refractivity contribution in [2.45, 2.75) is 50.2 Å². The number of aryl methyl sites for hydroxylation is 2. The van der Waals surface area contributed by atoms with Gasteiger partial charge in [0.2, 0.25) is 0 Å². The maximum atomic E-state index is 11.7. The number of ether oxygens (including phenoxy) is 1. The summed E-state index contributed by atoms with van der Waals surface area (Å²) < 4.78 is 6.90. The highest BCUT2D eigenvalue weighted by molar-refractivity contribution is 7.99. The van der Waals surface area contributed by atoms with Crippen LogP contribution in [0.15, 0.2) is 11.1 Å². The Morgan fingerprint density at radius 2 is 2.24 bits per heavy atom. The van der Waals surface area contributed by atoms with Crippen LogP contribution in [0.5, 0.6) is 0 Å². The predicted octanol–water partition coefficient (Wildman–Crippen LogP) is 2.31. The van der Waals surface area contributed by atoms with E-state index in [1.807, 2.05) is 31.6 Å². The highest BCUT2D eigenvalue weighted by atomic mass is 32.2. The minimum Gasteiger partial charge on any atom is -0.466 e. The Labute approximate surface area is 130 Å². The van der Waals surface area contributed by atoms with Gasteiger partial charge in [-0.05, 0) is 45.6 Å². The zero-order valence-electron chi connectivity index (χ0n) is 13.0. The Balaban J connectivity index is 1.85. The van der Waals surface area contributed by atoms with Crippen molar-refractivity contribution >= 4 is 17.7 Å². The number of thioether (sulfide) groups is 1. The number of hydrogen-bond acceptors (Lipinski definition) is 5. The van der Waals surface area contributed by atoms with Crippen LogP contribution in [0.25, 0.3) is 0 Å². The molecule has 0 unspecified atom stereocenters. The van der Waals surface area contributed by atoms with E-state index in [0.29, 0.717) is 38.0 Å². The third-order valence-electron chi connectivity index (χ3n) is 3.98. The molecular formula is C15H24N2O3S. The smallest absolute Gasteiger partial charge is 0.308 e. The summed E-state index contributed by atoms with van der Waals surface area (Å²) in [6.45, 7) is 4.21. The first kappa shape index (κ1) is 16.4. The summed E-state index contributed by atoms with van der Waals surface area (Å²) in [6.07, 6.45) is 2.72. The van der Waals surface area contributed by atoms with Crippen LogP contribution in [0, 0.1) is 12.8 Å². The first-order valence-corrected chi connectivity index (χ1v) is 8.44. The second-order valence-electron chi connectivity index (χ2n) is 5.79. The molecule has 1 N–H and O–H groups in total. The molecule has 0 atom stereocenters. The van der Waals surface area contributed by atoms with Crippen LogP contribution in [0.1, 0.15) is 38.3 Å². The van der Waals surface area contributed by atoms with Gasteiger partial charge in [-0.3, -0.25) is 9.48 Å². The first-order valence-electron chi connectivity index (χ1n) is 7.46. The summed E-state index contributed by atoms with van der Waals surface area (Å²) in [7, 11) is 1.91. The van der Waals surface area contributed by atoms with E-state index in [1.54, 1.807) is 11.8 Å². The van der Waals surface area contributed by atoms with E-state index in [1.165, 1.54) is 0 Å². The minimum atomic E-state index is -0.689. The SMILES string of the molecule is CCOC(=O)C1CCC(O)(CSc2cc(C)nn2C)CC1. The molecule has 1 aromatic rings. The zero-order valence-corrected chi connectivity index (χ0v) is 13.8. The van der Waals surface area contributed by atoms with E-state index in [-0.39, 0.29) is 11.9 Å². The van der Waals surface area contributed by atoms with Gasteiger partial charge < -0.3 is 9.84 Å². The van der Waals surface area contributed by atoms with Crippen LogP contribution < -0.4 is 0 Å². The van der Waals surface area contributed by atoms with Crippen molar-refractivity contribution in [3.8, 4) is 0 Å². The Hall–Kier alpha value is -1.01. The largest absolute Gasteiger partial charge is 0.466 e. The second kappa shape index (κ2) is 6.83. The van der Waals surface area contributed by atoms with Crippen molar-refractivity contribution in [3.63, 3.8) is 0 Å². The highest BCUT2D eigenvalue weighted by Crippen LogP contribution is 2.36. The molecule has 0 saturated heterocycles. The van der Waals surface area contributed by atoms with Crippen LogP contribution in [0.2, 0.25) is 0 Å². The third kappa shape index (κ3) is 4.23. The highest BCUT2D eigenvalue weighted by Gasteiger charge is 2.36. The van der Waals surface area contributed by atoms with Crippen molar-refractivity contribution < 1.29 is 14.6 Å². The maximum Gasteiger partial charge on any atom is 0.308 e. The van der Waals surface area contributed by atoms with Gasteiger partial charge in [0.1, 0.15) is 0 Å². The average molecular weight is 312 g/mol. The lowest BCUT2D eigenvalue weighted by Crippen LogP contribution is -2.38. The standard InChI is InChI=1S/C15H24N2O3S/c1-4-20-14(18)12-5-7-15(19,8-6-12)10-21-13-9-11(2)16-17(13)3/h9,12,19H,4-8,10H2,1-3H3. The van der Waals surface area contributed by atoms with Gasteiger partial charge in [-0.15, -0.1) is 11.8 Å². The number of rotatable bonds is 5. The first-order chi connectivity index (χ1) is 9.93. The number of carbonyl (C=O) groups excluding carboxylic acids is 1. The monoisotopic (exact) mass is 312 g/mol. The fraction of sp³-hybridized carbons (Fsp3) is 0.733. The van der Waals surface area contributed by atoms with E-state index in [4.69, 9.17) is 4.74 Å². The van der Waals surface area contributed by atoms with Crippen LogP contribution in [-0.4, -0.2) is 38.8 Å². The van der Waals surface area contributed by atoms with E-state index < -0.39 is 5.60 Å². The second-order valence-corrected chi connectivity index (χ2v) is 6.78. The van der Waals surface area contributed by atoms with Crippen molar-refractivity contribution in [1.29, 1.82) is 0 Å². The van der Waals surface area contributed by atoms with Crippen LogP contribution in [-0.2, 0) is 16.6 Å². The molecule has 0 spiro atoms. The van der Waals surface area contributed by atoms with Gasteiger partial charge in [0.25, 0.3) is 0 Å². The number of aliphatic hydroxyl groups is 1. The normalized spacial score (nSPS) is 25.8. The molecule has 1 aromatic heterocycles. The zero-order chi connectivity index (χ0) is 15.5. The Bertz CT molecular complexity index is 493. The Morgan fingerprint density at radius 1 is 1.57 bits per heavy atom. The summed E-state index contributed by atoms with van der Waals surface area (Å²) in [4.78, 5) is 11.7. The number of nitrogens with zero attached hydrogens (tertiary/aromatic N) is 2. The average Bonchev–Trinajstić information content (AvgIpc) is 2.76. The minimum absolute atomic E-state index is 0.0471. The molecule has 1 fully saturated rings. The van der Waals surface area contributed by atoms with E-state index >= 15 is 0 Å². The molecule has 2 rings (SSSR count). The molecule has 0 bridgehead atoms. The fourth-order valence-electron chi connectivity index (χ4n) is 2.73. The van der Waals surface area contributed by atoms with Crippen LogP contribution in [0.3, 0.4) is 0 Å². The van der Waals surface area contributed by atoms with Crippen molar-refractivity contribution in [3.05, 3.63) is 11.8 Å². The number of carbonyl (C=O) groups is 1. The number of hydrogen-bond donors (Lipinski definition) is 1. The summed E-state index contributed by atoms with van der Waals surface area (Å²) >= 11 is 1.63. The molecule has 118 valence electrons. The topological polar surface area (TPSA) is 64.3 Å². The van der Waals surface area contributed by atoms with Gasteiger partial charge in [-0.1, -0.05) is 0 Å². The van der Waals surface area contributed by atoms with Gasteiger partial charge in [0.05, 0.1) is 28.8 Å². The predicted molar refractivity (Wildman–Crippen MR) is 82.2 cm³/mol. The summed E-state index contributed by atoms with van der Waals surface area (Å²) in [5, 5.41) is 16.0. The maximum absolute atomic E-state index is 11.7.